The van der Waals surface area contributed by atoms with Gasteiger partial charge in [0.2, 0.25) is 0 Å². The first-order valence-corrected chi connectivity index (χ1v) is 12.0. The lowest BCUT2D eigenvalue weighted by Gasteiger charge is -2.12. The SMILES string of the molecule is CCC(C)Oc1cccc(C=NNC(=O)c2ccc(COc3ccc(-n4c(C)ccc4C)cc3)o2)c1. The molecule has 0 fully saturated rings. The van der Waals surface area contributed by atoms with Crippen molar-refractivity contribution in [1.82, 2.24) is 9.99 Å². The summed E-state index contributed by atoms with van der Waals surface area (Å²) in [5.41, 5.74) is 6.74. The second kappa shape index (κ2) is 11.4. The number of hydrogen-bond acceptors (Lipinski definition) is 5. The summed E-state index contributed by atoms with van der Waals surface area (Å²) in [6, 6.07) is 22.9. The van der Waals surface area contributed by atoms with Crippen molar-refractivity contribution in [2.24, 2.45) is 5.10 Å². The number of carbonyl (C=O) groups is 1. The summed E-state index contributed by atoms with van der Waals surface area (Å²) in [6.45, 7) is 8.46. The van der Waals surface area contributed by atoms with Gasteiger partial charge >= 0.3 is 5.91 Å². The predicted octanol–water partition coefficient (Wildman–Crippen LogP) is 6.21. The van der Waals surface area contributed by atoms with E-state index in [4.69, 9.17) is 13.9 Å². The Morgan fingerprint density at radius 2 is 1.78 bits per heavy atom. The normalized spacial score (nSPS) is 12.0. The Bertz CT molecular complexity index is 1320. The number of aryl methyl sites for hydroxylation is 2. The van der Waals surface area contributed by atoms with E-state index in [2.05, 4.69) is 48.0 Å². The van der Waals surface area contributed by atoms with E-state index in [-0.39, 0.29) is 18.5 Å². The molecule has 4 aromatic rings. The van der Waals surface area contributed by atoms with Gasteiger partial charge < -0.3 is 18.5 Å². The van der Waals surface area contributed by atoms with Gasteiger partial charge in [-0.15, -0.1) is 0 Å². The van der Waals surface area contributed by atoms with Crippen LogP contribution in [0.15, 0.2) is 82.3 Å². The Kier molecular flexibility index (Phi) is 7.90. The van der Waals surface area contributed by atoms with Crippen molar-refractivity contribution in [3.05, 3.63) is 101 Å². The molecule has 186 valence electrons. The molecule has 0 aliphatic heterocycles. The number of hydrogen-bond donors (Lipinski definition) is 1. The Balaban J connectivity index is 1.29. The molecule has 2 aromatic heterocycles. The highest BCUT2D eigenvalue weighted by Crippen LogP contribution is 2.21. The van der Waals surface area contributed by atoms with Crippen molar-refractivity contribution in [2.75, 3.05) is 0 Å². The van der Waals surface area contributed by atoms with Gasteiger partial charge in [-0.1, -0.05) is 19.1 Å². The van der Waals surface area contributed by atoms with Gasteiger partial charge in [-0.3, -0.25) is 4.79 Å². The largest absolute Gasteiger partial charge is 0.491 e. The minimum Gasteiger partial charge on any atom is -0.491 e. The van der Waals surface area contributed by atoms with E-state index >= 15 is 0 Å². The van der Waals surface area contributed by atoms with E-state index in [1.165, 1.54) is 11.4 Å². The van der Waals surface area contributed by atoms with Crippen LogP contribution in [0.4, 0.5) is 0 Å². The number of nitrogens with zero attached hydrogens (tertiary/aromatic N) is 2. The quantitative estimate of drug-likeness (QED) is 0.214. The molecule has 0 saturated carbocycles. The minimum absolute atomic E-state index is 0.131. The molecule has 7 heteroatoms. The molecule has 7 nitrogen and oxygen atoms in total. The number of amides is 1. The Hall–Kier alpha value is -4.26. The summed E-state index contributed by atoms with van der Waals surface area (Å²) in [6.07, 6.45) is 2.62. The van der Waals surface area contributed by atoms with Crippen LogP contribution in [-0.2, 0) is 6.61 Å². The van der Waals surface area contributed by atoms with E-state index in [1.807, 2.05) is 55.5 Å². The number of carbonyl (C=O) groups excluding carboxylic acids is 1. The molecule has 1 amide bonds. The molecular formula is C29H31N3O4. The average molecular weight is 486 g/mol. The third-order valence-corrected chi connectivity index (χ3v) is 5.78. The van der Waals surface area contributed by atoms with Crippen LogP contribution in [0.1, 0.15) is 53.5 Å². The van der Waals surface area contributed by atoms with Crippen LogP contribution in [-0.4, -0.2) is 22.8 Å². The summed E-state index contributed by atoms with van der Waals surface area (Å²) in [7, 11) is 0. The van der Waals surface area contributed by atoms with Crippen molar-refractivity contribution in [3.63, 3.8) is 0 Å². The maximum absolute atomic E-state index is 12.4. The Morgan fingerprint density at radius 3 is 2.50 bits per heavy atom. The Labute approximate surface area is 211 Å². The average Bonchev–Trinajstić information content (AvgIpc) is 3.49. The lowest BCUT2D eigenvalue weighted by atomic mass is 10.2. The zero-order valence-corrected chi connectivity index (χ0v) is 21.0. The third kappa shape index (κ3) is 6.24. The van der Waals surface area contributed by atoms with Crippen LogP contribution in [0.3, 0.4) is 0 Å². The first-order chi connectivity index (χ1) is 17.4. The smallest absolute Gasteiger partial charge is 0.307 e. The summed E-state index contributed by atoms with van der Waals surface area (Å²) < 4.78 is 19.4. The van der Waals surface area contributed by atoms with Crippen LogP contribution in [0.25, 0.3) is 5.69 Å². The van der Waals surface area contributed by atoms with Gasteiger partial charge in [0.05, 0.1) is 12.3 Å². The second-order valence-corrected chi connectivity index (χ2v) is 8.61. The summed E-state index contributed by atoms with van der Waals surface area (Å²) in [5.74, 6) is 1.74. The highest BCUT2D eigenvalue weighted by atomic mass is 16.5. The molecule has 0 spiro atoms. The lowest BCUT2D eigenvalue weighted by molar-refractivity contribution is 0.0923. The van der Waals surface area contributed by atoms with Crippen LogP contribution < -0.4 is 14.9 Å². The number of furan rings is 1. The molecule has 1 N–H and O–H groups in total. The van der Waals surface area contributed by atoms with Crippen molar-refractivity contribution in [2.45, 2.75) is 46.8 Å². The molecule has 36 heavy (non-hydrogen) atoms. The van der Waals surface area contributed by atoms with Gasteiger partial charge in [-0.25, -0.2) is 5.43 Å². The maximum atomic E-state index is 12.4. The fraction of sp³-hybridized carbons (Fsp3) is 0.241. The number of nitrogens with one attached hydrogen (secondary N) is 1. The number of benzene rings is 2. The van der Waals surface area contributed by atoms with Gasteiger partial charge in [0, 0.05) is 17.1 Å². The van der Waals surface area contributed by atoms with Crippen molar-refractivity contribution in [3.8, 4) is 17.2 Å². The van der Waals surface area contributed by atoms with E-state index in [0.717, 1.165) is 23.4 Å². The van der Waals surface area contributed by atoms with Crippen LogP contribution in [0.2, 0.25) is 0 Å². The van der Waals surface area contributed by atoms with E-state index in [9.17, 15) is 4.79 Å². The van der Waals surface area contributed by atoms with Gasteiger partial charge in [0.1, 0.15) is 23.9 Å². The van der Waals surface area contributed by atoms with Gasteiger partial charge in [-0.05, 0) is 93.4 Å². The fourth-order valence-electron chi connectivity index (χ4n) is 3.70. The maximum Gasteiger partial charge on any atom is 0.307 e. The van der Waals surface area contributed by atoms with Gasteiger partial charge in [0.25, 0.3) is 0 Å². The van der Waals surface area contributed by atoms with Crippen LogP contribution in [0, 0.1) is 13.8 Å². The molecule has 1 unspecified atom stereocenters. The van der Waals surface area contributed by atoms with Gasteiger partial charge in [-0.2, -0.15) is 5.10 Å². The van der Waals surface area contributed by atoms with E-state index in [1.54, 1.807) is 18.3 Å². The summed E-state index contributed by atoms with van der Waals surface area (Å²) in [5, 5.41) is 4.03. The topological polar surface area (TPSA) is 78.0 Å². The second-order valence-electron chi connectivity index (χ2n) is 8.61. The molecule has 4 rings (SSSR count). The highest BCUT2D eigenvalue weighted by Gasteiger charge is 2.11. The molecule has 0 saturated heterocycles. The van der Waals surface area contributed by atoms with Crippen molar-refractivity contribution < 1.29 is 18.7 Å². The molecule has 0 aliphatic rings. The monoisotopic (exact) mass is 485 g/mol. The molecule has 0 aliphatic carbocycles. The lowest BCUT2D eigenvalue weighted by Crippen LogP contribution is -2.16. The summed E-state index contributed by atoms with van der Waals surface area (Å²) in [4.78, 5) is 12.4. The minimum atomic E-state index is -0.439. The molecule has 1 atom stereocenters. The zero-order chi connectivity index (χ0) is 25.5. The van der Waals surface area contributed by atoms with E-state index in [0.29, 0.717) is 11.5 Å². The molecule has 0 radical (unpaired) electrons. The third-order valence-electron chi connectivity index (χ3n) is 5.78. The first kappa shape index (κ1) is 24.9. The van der Waals surface area contributed by atoms with Crippen molar-refractivity contribution >= 4 is 12.1 Å². The summed E-state index contributed by atoms with van der Waals surface area (Å²) >= 11 is 0. The standard InChI is InChI=1S/C29H31N3O4/c1-5-22(4)35-26-8-6-7-23(17-26)18-30-31-29(33)28-16-15-27(36-28)19-34-25-13-11-24(12-14-25)32-20(2)9-10-21(32)3/h6-18,22H,5,19H2,1-4H3,(H,31,33). The van der Waals surface area contributed by atoms with Crippen molar-refractivity contribution in [1.29, 1.82) is 0 Å². The molecule has 2 aromatic carbocycles. The Morgan fingerprint density at radius 1 is 1.03 bits per heavy atom. The number of rotatable bonds is 10. The molecule has 0 bridgehead atoms. The highest BCUT2D eigenvalue weighted by molar-refractivity contribution is 5.92. The molecule has 2 heterocycles. The zero-order valence-electron chi connectivity index (χ0n) is 21.0. The van der Waals surface area contributed by atoms with Gasteiger partial charge in [0.15, 0.2) is 5.76 Å². The first-order valence-electron chi connectivity index (χ1n) is 12.0. The number of aromatic nitrogens is 1. The molecular weight excluding hydrogens is 454 g/mol. The number of ether oxygens (including phenoxy) is 2. The van der Waals surface area contributed by atoms with Crippen LogP contribution >= 0.6 is 0 Å². The van der Waals surface area contributed by atoms with E-state index < -0.39 is 5.91 Å². The van der Waals surface area contributed by atoms with Crippen LogP contribution in [0.5, 0.6) is 11.5 Å². The fourth-order valence-corrected chi connectivity index (χ4v) is 3.70. The predicted molar refractivity (Wildman–Crippen MR) is 140 cm³/mol. The number of hydrazone groups is 1.